The second-order valence-electron chi connectivity index (χ2n) is 6.23. The Balaban J connectivity index is 1.73. The highest BCUT2D eigenvalue weighted by Gasteiger charge is 2.36. The maximum absolute atomic E-state index is 12.7. The lowest BCUT2D eigenvalue weighted by molar-refractivity contribution is -0.138. The average molecular weight is 389 g/mol. The highest BCUT2D eigenvalue weighted by molar-refractivity contribution is 6.01. The van der Waals surface area contributed by atoms with Gasteiger partial charge in [-0.3, -0.25) is 4.79 Å². The molecule has 0 bridgehead atoms. The molecule has 4 aromatic heterocycles. The molecule has 144 valence electrons. The van der Waals surface area contributed by atoms with E-state index < -0.39 is 18.1 Å². The van der Waals surface area contributed by atoms with Crippen LogP contribution in [0, 0.1) is 0 Å². The predicted octanol–water partition coefficient (Wildman–Crippen LogP) is 2.73. The fraction of sp³-hybridized carbons (Fsp3) is 0.176. The Morgan fingerprint density at radius 1 is 1.36 bits per heavy atom. The van der Waals surface area contributed by atoms with Crippen molar-refractivity contribution in [1.29, 1.82) is 0 Å². The Hall–Kier alpha value is -3.63. The minimum Gasteiger partial charge on any atom is -0.365 e. The summed E-state index contributed by atoms with van der Waals surface area (Å²) in [5.74, 6) is -0.725. The van der Waals surface area contributed by atoms with E-state index in [4.69, 9.17) is 5.73 Å². The number of fused-ring (bicyclic) bond motifs is 2. The van der Waals surface area contributed by atoms with Crippen molar-refractivity contribution in [2.45, 2.75) is 19.1 Å². The van der Waals surface area contributed by atoms with Gasteiger partial charge in [-0.2, -0.15) is 23.3 Å². The summed E-state index contributed by atoms with van der Waals surface area (Å²) in [5, 5.41) is 6.92. The van der Waals surface area contributed by atoms with Crippen molar-refractivity contribution >= 4 is 28.4 Å². The molecule has 0 spiro atoms. The molecule has 28 heavy (non-hydrogen) atoms. The van der Waals surface area contributed by atoms with Crippen LogP contribution in [0.2, 0.25) is 0 Å². The number of hydrogen-bond acceptors (Lipinski definition) is 5. The number of rotatable bonds is 4. The Labute approximate surface area is 155 Å². The quantitative estimate of drug-likeness (QED) is 0.497. The summed E-state index contributed by atoms with van der Waals surface area (Å²) in [6.45, 7) is 0.991. The summed E-state index contributed by atoms with van der Waals surface area (Å²) in [5.41, 5.74) is 8.04. The van der Waals surface area contributed by atoms with Gasteiger partial charge >= 0.3 is 6.18 Å². The molecule has 4 rings (SSSR count). The zero-order valence-corrected chi connectivity index (χ0v) is 14.4. The predicted molar refractivity (Wildman–Crippen MR) is 95.7 cm³/mol. The third kappa shape index (κ3) is 3.00. The van der Waals surface area contributed by atoms with Crippen molar-refractivity contribution in [1.82, 2.24) is 24.6 Å². The van der Waals surface area contributed by atoms with Crippen LogP contribution in [-0.2, 0) is 0 Å². The Morgan fingerprint density at radius 2 is 2.14 bits per heavy atom. The minimum absolute atomic E-state index is 0.131. The topological polar surface area (TPSA) is 114 Å². The normalized spacial score (nSPS) is 13.1. The van der Waals surface area contributed by atoms with Crippen molar-refractivity contribution < 1.29 is 18.0 Å². The smallest absolute Gasteiger partial charge is 0.365 e. The van der Waals surface area contributed by atoms with Gasteiger partial charge in [-0.15, -0.1) is 0 Å². The number of H-pyrrole nitrogens is 1. The van der Waals surface area contributed by atoms with Crippen LogP contribution in [0.15, 0.2) is 36.9 Å². The number of nitrogens with one attached hydrogen (secondary N) is 2. The van der Waals surface area contributed by atoms with Gasteiger partial charge in [0.15, 0.2) is 0 Å². The Morgan fingerprint density at radius 3 is 2.86 bits per heavy atom. The van der Waals surface area contributed by atoms with Crippen molar-refractivity contribution in [2.24, 2.45) is 5.73 Å². The zero-order chi connectivity index (χ0) is 20.1. The number of amides is 1. The van der Waals surface area contributed by atoms with E-state index in [2.05, 4.69) is 25.4 Å². The number of aromatic amines is 1. The molecule has 0 saturated heterocycles. The van der Waals surface area contributed by atoms with E-state index >= 15 is 0 Å². The largest absolute Gasteiger partial charge is 0.408 e. The van der Waals surface area contributed by atoms with Gasteiger partial charge in [0.25, 0.3) is 5.91 Å². The van der Waals surface area contributed by atoms with Gasteiger partial charge in [0.1, 0.15) is 11.7 Å². The lowest BCUT2D eigenvalue weighted by Gasteiger charge is -2.16. The first kappa shape index (κ1) is 17.8. The van der Waals surface area contributed by atoms with Crippen LogP contribution in [0.4, 0.5) is 19.1 Å². The molecule has 11 heteroatoms. The molecule has 4 aromatic rings. The summed E-state index contributed by atoms with van der Waals surface area (Å²) in [7, 11) is 0. The number of primary amides is 1. The summed E-state index contributed by atoms with van der Waals surface area (Å²) in [4.78, 5) is 22.6. The summed E-state index contributed by atoms with van der Waals surface area (Å²) >= 11 is 0. The molecule has 0 unspecified atom stereocenters. The van der Waals surface area contributed by atoms with Gasteiger partial charge in [0, 0.05) is 29.5 Å². The van der Waals surface area contributed by atoms with Crippen molar-refractivity contribution in [3.8, 4) is 11.1 Å². The first-order valence-corrected chi connectivity index (χ1v) is 8.19. The van der Waals surface area contributed by atoms with Crippen LogP contribution in [0.3, 0.4) is 0 Å². The Bertz CT molecular complexity index is 1190. The highest BCUT2D eigenvalue weighted by Crippen LogP contribution is 2.30. The first-order chi connectivity index (χ1) is 13.2. The molecule has 1 atom stereocenters. The molecule has 0 saturated carbocycles. The molecule has 0 radical (unpaired) electrons. The Kier molecular flexibility index (Phi) is 3.95. The van der Waals surface area contributed by atoms with E-state index in [1.54, 1.807) is 24.5 Å². The number of nitrogens with two attached hydrogens (primary N) is 1. The van der Waals surface area contributed by atoms with Crippen LogP contribution in [-0.4, -0.2) is 42.7 Å². The van der Waals surface area contributed by atoms with E-state index in [0.717, 1.165) is 18.1 Å². The number of anilines is 1. The number of alkyl halides is 3. The number of aromatic nitrogens is 5. The fourth-order valence-electron chi connectivity index (χ4n) is 2.83. The van der Waals surface area contributed by atoms with Crippen molar-refractivity contribution in [3.63, 3.8) is 0 Å². The fourth-order valence-corrected chi connectivity index (χ4v) is 2.83. The minimum atomic E-state index is -4.40. The van der Waals surface area contributed by atoms with Gasteiger partial charge in [0.2, 0.25) is 5.95 Å². The summed E-state index contributed by atoms with van der Waals surface area (Å²) < 4.78 is 39.6. The van der Waals surface area contributed by atoms with Crippen LogP contribution in [0.1, 0.15) is 17.3 Å². The lowest BCUT2D eigenvalue weighted by atomic mass is 10.1. The van der Waals surface area contributed by atoms with Crippen LogP contribution >= 0.6 is 0 Å². The van der Waals surface area contributed by atoms with Crippen LogP contribution in [0.5, 0.6) is 0 Å². The second-order valence-corrected chi connectivity index (χ2v) is 6.23. The summed E-state index contributed by atoms with van der Waals surface area (Å²) in [6.07, 6.45) is 1.77. The average Bonchev–Trinajstić information content (AvgIpc) is 3.23. The lowest BCUT2D eigenvalue weighted by Crippen LogP contribution is -2.33. The molecule has 0 aliphatic rings. The molecule has 4 N–H and O–H groups in total. The standard InChI is InChI=1S/C17H14F3N7O/c1-8(17(18,19)20)25-16-23-6-11-10(5-22-15(11)26-16)9-2-3-27-13(4-9)12(7-24-27)14(21)28/h2-8H,1H3,(H2,21,28)(H2,22,23,25,26)/t8-/m1/s1. The highest BCUT2D eigenvalue weighted by atomic mass is 19.4. The SMILES string of the molecule is C[C@@H](Nc1ncc2c(-c3ccn4ncc(C(N)=O)c4c3)c[nH]c2n1)C(F)(F)F. The maximum Gasteiger partial charge on any atom is 0.408 e. The molecule has 0 aliphatic heterocycles. The zero-order valence-electron chi connectivity index (χ0n) is 14.4. The van der Waals surface area contributed by atoms with E-state index in [1.165, 1.54) is 16.9 Å². The van der Waals surface area contributed by atoms with Crippen LogP contribution < -0.4 is 11.1 Å². The third-order valence-corrected chi connectivity index (χ3v) is 4.37. The molecule has 8 nitrogen and oxygen atoms in total. The van der Waals surface area contributed by atoms with Crippen LogP contribution in [0.25, 0.3) is 27.7 Å². The van der Waals surface area contributed by atoms with E-state index in [0.29, 0.717) is 16.6 Å². The molecular weight excluding hydrogens is 375 g/mol. The van der Waals surface area contributed by atoms with E-state index in [-0.39, 0.29) is 11.5 Å². The van der Waals surface area contributed by atoms with Crippen molar-refractivity contribution in [3.05, 3.63) is 42.5 Å². The number of carbonyl (C=O) groups is 1. The molecule has 0 fully saturated rings. The third-order valence-electron chi connectivity index (χ3n) is 4.37. The molecule has 1 amide bonds. The first-order valence-electron chi connectivity index (χ1n) is 8.19. The second kappa shape index (κ2) is 6.22. The van der Waals surface area contributed by atoms with E-state index in [1.807, 2.05) is 0 Å². The molecule has 4 heterocycles. The molecule has 0 aliphatic carbocycles. The van der Waals surface area contributed by atoms with Gasteiger partial charge in [-0.25, -0.2) is 9.50 Å². The van der Waals surface area contributed by atoms with Gasteiger partial charge < -0.3 is 16.0 Å². The number of nitrogens with zero attached hydrogens (tertiary/aromatic N) is 4. The van der Waals surface area contributed by atoms with Gasteiger partial charge in [0.05, 0.1) is 17.3 Å². The van der Waals surface area contributed by atoms with E-state index in [9.17, 15) is 18.0 Å². The maximum atomic E-state index is 12.7. The molecular formula is C17H14F3N7O. The summed E-state index contributed by atoms with van der Waals surface area (Å²) in [6, 6.07) is 1.75. The van der Waals surface area contributed by atoms with Gasteiger partial charge in [-0.05, 0) is 24.6 Å². The monoisotopic (exact) mass is 389 g/mol. The molecule has 0 aromatic carbocycles. The number of pyridine rings is 1. The number of carbonyl (C=O) groups excluding carboxylic acids is 1. The number of hydrogen-bond donors (Lipinski definition) is 3. The number of halogens is 3. The van der Waals surface area contributed by atoms with Crippen molar-refractivity contribution in [2.75, 3.05) is 5.32 Å². The van der Waals surface area contributed by atoms with Gasteiger partial charge in [-0.1, -0.05) is 0 Å².